The van der Waals surface area contributed by atoms with Crippen molar-refractivity contribution in [2.45, 2.75) is 29.2 Å². The zero-order chi connectivity index (χ0) is 24.0. The van der Waals surface area contributed by atoms with Crippen LogP contribution < -0.4 is 74.5 Å². The second-order valence-electron chi connectivity index (χ2n) is 7.29. The smallest absolute Gasteiger partial charge is 0.790 e. The van der Waals surface area contributed by atoms with E-state index in [0.29, 0.717) is 5.56 Å². The molecule has 1 aliphatic rings. The number of imidazole rings is 1. The molecule has 4 rings (SSSR count). The molecule has 0 unspecified atom stereocenters. The number of hydrogen-bond donors (Lipinski definition) is 3. The molecule has 2 N–H and O–H groups in total. The van der Waals surface area contributed by atoms with E-state index in [2.05, 4.69) is 32.1 Å². The molecule has 3 heterocycles. The minimum Gasteiger partial charge on any atom is -0.790 e. The van der Waals surface area contributed by atoms with Crippen LogP contribution in [0.25, 0.3) is 11.2 Å². The number of nitrogens with zero attached hydrogens (tertiary/aromatic N) is 4. The Kier molecular flexibility index (Phi) is 9.95. The van der Waals surface area contributed by atoms with E-state index in [1.54, 1.807) is 30.3 Å². The first-order valence-electron chi connectivity index (χ1n) is 9.34. The Bertz CT molecular complexity index is 1310. The van der Waals surface area contributed by atoms with Crippen LogP contribution in [-0.2, 0) is 26.0 Å². The number of phosphoric ester groups is 1. The van der Waals surface area contributed by atoms with E-state index >= 15 is 0 Å². The van der Waals surface area contributed by atoms with E-state index in [4.69, 9.17) is 4.74 Å². The predicted octanol–water partition coefficient (Wildman–Crippen LogP) is -7.47. The first kappa shape index (κ1) is 30.6. The molecule has 1 aromatic carbocycles. The molecule has 0 bridgehead atoms. The normalized spacial score (nSPS) is 26.2. The van der Waals surface area contributed by atoms with Gasteiger partial charge in [0.1, 0.15) is 6.10 Å². The maximum atomic E-state index is 12.3. The number of aromatic amines is 1. The second kappa shape index (κ2) is 11.4. The number of thiol groups is 1. The van der Waals surface area contributed by atoms with Crippen molar-refractivity contribution in [2.24, 2.45) is 0 Å². The summed E-state index contributed by atoms with van der Waals surface area (Å²) in [5, 5.41) is 23.2. The fourth-order valence-corrected chi connectivity index (χ4v) is 4.64. The minimum atomic E-state index is -5.49. The molecule has 18 heteroatoms. The number of nitro groups is 1. The number of nitrogens with one attached hydrogen (secondary N) is 1. The fraction of sp³-hybridized carbons (Fsp3) is 0.353. The number of aliphatic hydroxyl groups excluding tert-OH is 1. The van der Waals surface area contributed by atoms with Crippen LogP contribution in [0.15, 0.2) is 47.8 Å². The molecule has 176 valence electrons. The SMILES string of the molecule is O=c1[nH]cnc2c1ncn2[C@]1(Cc2ccccc2)O[C@H](COP(=O)([O-])[O-])[C@@H](O)[C@]1(S)[N+](=O)[O-].[Na+].[Na+]. The Morgan fingerprint density at radius 3 is 2.54 bits per heavy atom. The number of aliphatic hydroxyl groups is 1. The van der Waals surface area contributed by atoms with Crippen molar-refractivity contribution in [3.63, 3.8) is 0 Å². The Labute approximate surface area is 246 Å². The van der Waals surface area contributed by atoms with E-state index < -0.39 is 47.7 Å². The van der Waals surface area contributed by atoms with Crippen LogP contribution in [0, 0.1) is 10.1 Å². The van der Waals surface area contributed by atoms with Gasteiger partial charge in [-0.05, 0) is 5.56 Å². The summed E-state index contributed by atoms with van der Waals surface area (Å²) in [6, 6.07) is 8.33. The Hall–Kier alpha value is -0.650. The molecule has 0 amide bonds. The first-order valence-corrected chi connectivity index (χ1v) is 11.2. The summed E-state index contributed by atoms with van der Waals surface area (Å²) in [5.41, 5.74) is -2.57. The van der Waals surface area contributed by atoms with Crippen LogP contribution in [0.3, 0.4) is 0 Å². The molecule has 14 nitrogen and oxygen atoms in total. The second-order valence-corrected chi connectivity index (χ2v) is 9.13. The molecule has 3 aromatic rings. The molecule has 0 saturated carbocycles. The van der Waals surface area contributed by atoms with E-state index in [0.717, 1.165) is 17.2 Å². The number of fused-ring (bicyclic) bond motifs is 1. The molecule has 4 atom stereocenters. The van der Waals surface area contributed by atoms with E-state index in [1.807, 2.05) is 0 Å². The van der Waals surface area contributed by atoms with Crippen molar-refractivity contribution in [3.05, 3.63) is 69.0 Å². The molecule has 0 spiro atoms. The number of rotatable bonds is 7. The van der Waals surface area contributed by atoms with Gasteiger partial charge in [0.15, 0.2) is 17.3 Å². The Morgan fingerprint density at radius 2 is 1.94 bits per heavy atom. The van der Waals surface area contributed by atoms with Gasteiger partial charge in [-0.15, -0.1) is 0 Å². The van der Waals surface area contributed by atoms with Crippen LogP contribution >= 0.6 is 20.5 Å². The standard InChI is InChI=1S/C17H18N5O9PS.2Na/c23-13-11(7-30-32(27,28)29)31-16(17(13,33)22(25)26,6-10-4-2-1-3-5-10)21-9-20-12-14(21)18-8-19-15(12)24;;/h1-5,8-9,11,13,23,33H,6-7H2,(H,18,19,24)(H2,27,28,29);;/q;2*+1/p-2/t11-,13-,16-,17-;;/m1../s1. The van der Waals surface area contributed by atoms with Crippen LogP contribution in [0.5, 0.6) is 0 Å². The quantitative estimate of drug-likeness (QED) is 0.0637. The zero-order valence-electron chi connectivity index (χ0n) is 18.5. The molecular formula is C17H16N5Na2O9PS. The van der Waals surface area contributed by atoms with Gasteiger partial charge < -0.3 is 33.7 Å². The molecular weight excluding hydrogens is 527 g/mol. The summed E-state index contributed by atoms with van der Waals surface area (Å²) in [7, 11) is -5.49. The van der Waals surface area contributed by atoms with Gasteiger partial charge in [-0.2, -0.15) is 0 Å². The van der Waals surface area contributed by atoms with Gasteiger partial charge in [0.25, 0.3) is 5.56 Å². The van der Waals surface area contributed by atoms with Gasteiger partial charge in [-0.1, -0.05) is 43.0 Å². The fourth-order valence-electron chi connectivity index (χ4n) is 3.91. The maximum absolute atomic E-state index is 12.3. The third-order valence-corrected chi connectivity index (χ3v) is 6.62. The molecule has 0 aliphatic carbocycles. The topological polar surface area (TPSA) is 209 Å². The predicted molar refractivity (Wildman–Crippen MR) is 109 cm³/mol. The average Bonchev–Trinajstić information content (AvgIpc) is 3.28. The summed E-state index contributed by atoms with van der Waals surface area (Å²) in [5.74, 6) is 0. The first-order chi connectivity index (χ1) is 15.5. The maximum Gasteiger partial charge on any atom is 1.00 e. The largest absolute Gasteiger partial charge is 1.00 e. The number of phosphoric acid groups is 1. The summed E-state index contributed by atoms with van der Waals surface area (Å²) in [6.07, 6.45) is -1.86. The van der Waals surface area contributed by atoms with Gasteiger partial charge >= 0.3 is 64.0 Å². The number of hydrogen-bond acceptors (Lipinski definition) is 12. The van der Waals surface area contributed by atoms with Gasteiger partial charge in [-0.3, -0.25) is 19.5 Å². The summed E-state index contributed by atoms with van der Waals surface area (Å²) >= 11 is 4.23. The number of H-pyrrole nitrogens is 1. The minimum absolute atomic E-state index is 0. The van der Waals surface area contributed by atoms with Crippen LogP contribution in [0.2, 0.25) is 0 Å². The molecule has 35 heavy (non-hydrogen) atoms. The number of benzene rings is 1. The van der Waals surface area contributed by atoms with Gasteiger partial charge in [-0.25, -0.2) is 9.97 Å². The molecule has 1 aliphatic heterocycles. The monoisotopic (exact) mass is 543 g/mol. The summed E-state index contributed by atoms with van der Waals surface area (Å²) < 4.78 is 22.2. The summed E-state index contributed by atoms with van der Waals surface area (Å²) in [6.45, 7) is -1.00. The van der Waals surface area contributed by atoms with Crippen molar-refractivity contribution in [2.75, 3.05) is 6.61 Å². The molecule has 2 aromatic heterocycles. The molecule has 0 radical (unpaired) electrons. The van der Waals surface area contributed by atoms with Crippen LogP contribution in [0.4, 0.5) is 0 Å². The molecule has 1 saturated heterocycles. The van der Waals surface area contributed by atoms with Gasteiger partial charge in [0.05, 0.1) is 27.1 Å². The Balaban J connectivity index is 0.00000216. The van der Waals surface area contributed by atoms with E-state index in [-0.39, 0.29) is 76.7 Å². The third kappa shape index (κ3) is 5.48. The van der Waals surface area contributed by atoms with Crippen molar-refractivity contribution < 1.29 is 92.8 Å². The zero-order valence-corrected chi connectivity index (χ0v) is 24.3. The van der Waals surface area contributed by atoms with E-state index in [9.17, 15) is 34.4 Å². The summed E-state index contributed by atoms with van der Waals surface area (Å²) in [4.78, 5) is 53.3. The van der Waals surface area contributed by atoms with Gasteiger partial charge in [0, 0.05) is 11.3 Å². The van der Waals surface area contributed by atoms with Gasteiger partial charge in [0.2, 0.25) is 5.72 Å². The van der Waals surface area contributed by atoms with Crippen molar-refractivity contribution in [1.29, 1.82) is 0 Å². The number of aromatic nitrogens is 4. The van der Waals surface area contributed by atoms with E-state index in [1.165, 1.54) is 0 Å². The number of ether oxygens (including phenoxy) is 1. The van der Waals surface area contributed by atoms with Crippen LogP contribution in [-0.4, -0.2) is 53.2 Å². The third-order valence-electron chi connectivity index (χ3n) is 5.38. The van der Waals surface area contributed by atoms with Crippen molar-refractivity contribution in [1.82, 2.24) is 19.5 Å². The average molecular weight is 543 g/mol. The van der Waals surface area contributed by atoms with Crippen molar-refractivity contribution in [3.8, 4) is 0 Å². The Morgan fingerprint density at radius 1 is 1.29 bits per heavy atom. The molecule has 1 fully saturated rings. The van der Waals surface area contributed by atoms with Crippen molar-refractivity contribution >= 4 is 31.6 Å². The van der Waals surface area contributed by atoms with Crippen LogP contribution in [0.1, 0.15) is 5.56 Å².